The van der Waals surface area contributed by atoms with Gasteiger partial charge in [-0.05, 0) is 19.9 Å². The van der Waals surface area contributed by atoms with Crippen molar-refractivity contribution in [2.45, 2.75) is 19.9 Å². The highest BCUT2D eigenvalue weighted by molar-refractivity contribution is 5.99. The lowest BCUT2D eigenvalue weighted by Gasteiger charge is -2.24. The van der Waals surface area contributed by atoms with E-state index in [1.54, 1.807) is 20.0 Å². The lowest BCUT2D eigenvalue weighted by Crippen LogP contribution is -2.37. The first kappa shape index (κ1) is 13.4. The van der Waals surface area contributed by atoms with Crippen molar-refractivity contribution in [2.75, 3.05) is 19.1 Å². The Morgan fingerprint density at radius 3 is 2.88 bits per heavy atom. The number of aryl methyl sites for hydroxylation is 1. The molecule has 0 radical (unpaired) electrons. The molecule has 0 saturated heterocycles. The normalized spacial score (nSPS) is 12.1. The number of pyridine rings is 1. The van der Waals surface area contributed by atoms with Crippen LogP contribution in [0.3, 0.4) is 0 Å². The molecule has 1 atom stereocenters. The van der Waals surface area contributed by atoms with Crippen LogP contribution >= 0.6 is 0 Å². The summed E-state index contributed by atoms with van der Waals surface area (Å²) < 4.78 is 0. The summed E-state index contributed by atoms with van der Waals surface area (Å²) in [4.78, 5) is 17.6. The topological polar surface area (TPSA) is 91.5 Å². The van der Waals surface area contributed by atoms with E-state index in [0.717, 1.165) is 5.69 Å². The summed E-state index contributed by atoms with van der Waals surface area (Å²) in [6.07, 6.45) is 1.48. The van der Waals surface area contributed by atoms with Crippen molar-refractivity contribution in [1.29, 1.82) is 0 Å². The molecular formula is C11H18N4O2. The van der Waals surface area contributed by atoms with Crippen LogP contribution in [-0.4, -0.2) is 40.6 Å². The molecule has 0 aliphatic rings. The Morgan fingerprint density at radius 2 is 2.35 bits per heavy atom. The monoisotopic (exact) mass is 238 g/mol. The van der Waals surface area contributed by atoms with Gasteiger partial charge in [-0.3, -0.25) is 15.6 Å². The summed E-state index contributed by atoms with van der Waals surface area (Å²) in [6, 6.07) is 1.44. The van der Waals surface area contributed by atoms with E-state index < -0.39 is 0 Å². The third kappa shape index (κ3) is 2.92. The van der Waals surface area contributed by atoms with Crippen LogP contribution in [0.15, 0.2) is 12.3 Å². The molecule has 1 aromatic rings. The molecule has 1 heterocycles. The number of anilines is 1. The van der Waals surface area contributed by atoms with Gasteiger partial charge in [-0.25, -0.2) is 0 Å². The van der Waals surface area contributed by atoms with Crippen molar-refractivity contribution in [2.24, 2.45) is 5.84 Å². The molecule has 1 rings (SSSR count). The zero-order valence-electron chi connectivity index (χ0n) is 10.3. The second-order valence-corrected chi connectivity index (χ2v) is 3.96. The number of carbonyl (C=O) groups excluding carboxylic acids is 1. The molecule has 94 valence electrons. The van der Waals surface area contributed by atoms with Crippen LogP contribution < -0.4 is 11.3 Å². The lowest BCUT2D eigenvalue weighted by atomic mass is 10.1. The molecule has 0 fully saturated rings. The van der Waals surface area contributed by atoms with Gasteiger partial charge in [0.05, 0.1) is 23.9 Å². The lowest BCUT2D eigenvalue weighted by molar-refractivity contribution is 0.0682. The van der Waals surface area contributed by atoms with Crippen molar-refractivity contribution < 1.29 is 9.90 Å². The fourth-order valence-corrected chi connectivity index (χ4v) is 1.36. The van der Waals surface area contributed by atoms with Crippen molar-refractivity contribution in [3.8, 4) is 0 Å². The van der Waals surface area contributed by atoms with Gasteiger partial charge in [0.2, 0.25) is 0 Å². The van der Waals surface area contributed by atoms with Crippen molar-refractivity contribution in [3.05, 3.63) is 23.5 Å². The minimum atomic E-state index is -0.255. The molecule has 1 amide bonds. The van der Waals surface area contributed by atoms with Gasteiger partial charge in [0.1, 0.15) is 0 Å². The number of aromatic nitrogens is 1. The number of nitrogen functional groups attached to an aromatic ring is 1. The number of aliphatic hydroxyl groups excluding tert-OH is 1. The first-order chi connectivity index (χ1) is 8.01. The maximum Gasteiger partial charge on any atom is 0.257 e. The maximum absolute atomic E-state index is 12.1. The van der Waals surface area contributed by atoms with Gasteiger partial charge in [-0.15, -0.1) is 0 Å². The first-order valence-corrected chi connectivity index (χ1v) is 5.32. The molecule has 6 nitrogen and oxygen atoms in total. The smallest absolute Gasteiger partial charge is 0.257 e. The number of likely N-dealkylation sites (N-methyl/N-ethyl adjacent to an activating group) is 1. The molecule has 1 unspecified atom stereocenters. The Bertz CT molecular complexity index is 408. The molecular weight excluding hydrogens is 220 g/mol. The highest BCUT2D eigenvalue weighted by Crippen LogP contribution is 2.17. The Hall–Kier alpha value is -1.66. The zero-order chi connectivity index (χ0) is 13.0. The third-order valence-electron chi connectivity index (χ3n) is 2.67. The molecule has 0 saturated carbocycles. The standard InChI is InChI=1S/C11H18N4O2/c1-7-4-10(14-12)9(5-13-7)11(17)15(3)8(2)6-16/h4-5,8,16H,6,12H2,1-3H3,(H,13,14). The summed E-state index contributed by atoms with van der Waals surface area (Å²) >= 11 is 0. The number of amides is 1. The average Bonchev–Trinajstić information content (AvgIpc) is 2.35. The second kappa shape index (κ2) is 5.60. The number of hydrogen-bond donors (Lipinski definition) is 3. The van der Waals surface area contributed by atoms with Gasteiger partial charge in [0, 0.05) is 18.9 Å². The van der Waals surface area contributed by atoms with E-state index in [0.29, 0.717) is 11.3 Å². The van der Waals surface area contributed by atoms with E-state index in [1.807, 2.05) is 6.92 Å². The van der Waals surface area contributed by atoms with E-state index in [1.165, 1.54) is 11.1 Å². The number of nitrogens with zero attached hydrogens (tertiary/aromatic N) is 2. The molecule has 6 heteroatoms. The Labute approximate surface area is 100 Å². The van der Waals surface area contributed by atoms with Gasteiger partial charge in [0.25, 0.3) is 5.91 Å². The quantitative estimate of drug-likeness (QED) is 0.512. The highest BCUT2D eigenvalue weighted by Gasteiger charge is 2.19. The molecule has 0 aliphatic carbocycles. The van der Waals surface area contributed by atoms with Gasteiger partial charge in [-0.1, -0.05) is 0 Å². The maximum atomic E-state index is 12.1. The van der Waals surface area contributed by atoms with E-state index in [2.05, 4.69) is 10.4 Å². The van der Waals surface area contributed by atoms with Gasteiger partial charge in [0.15, 0.2) is 0 Å². The number of rotatable bonds is 4. The Morgan fingerprint density at radius 1 is 1.71 bits per heavy atom. The molecule has 0 spiro atoms. The van der Waals surface area contributed by atoms with Crippen molar-refractivity contribution >= 4 is 11.6 Å². The van der Waals surface area contributed by atoms with Gasteiger partial charge < -0.3 is 15.4 Å². The Balaban J connectivity index is 3.03. The molecule has 0 aliphatic heterocycles. The summed E-state index contributed by atoms with van der Waals surface area (Å²) in [7, 11) is 1.63. The number of nitrogens with one attached hydrogen (secondary N) is 1. The second-order valence-electron chi connectivity index (χ2n) is 3.96. The molecule has 0 aromatic carbocycles. The van der Waals surface area contributed by atoms with Crippen LogP contribution in [0.1, 0.15) is 23.0 Å². The molecule has 1 aromatic heterocycles. The minimum Gasteiger partial charge on any atom is -0.394 e. The molecule has 17 heavy (non-hydrogen) atoms. The van der Waals surface area contributed by atoms with Crippen LogP contribution in [0.2, 0.25) is 0 Å². The number of hydrazine groups is 1. The molecule has 4 N–H and O–H groups in total. The van der Waals surface area contributed by atoms with Crippen molar-refractivity contribution in [3.63, 3.8) is 0 Å². The van der Waals surface area contributed by atoms with Crippen molar-refractivity contribution in [1.82, 2.24) is 9.88 Å². The van der Waals surface area contributed by atoms with Gasteiger partial charge >= 0.3 is 0 Å². The van der Waals surface area contributed by atoms with Crippen LogP contribution in [0, 0.1) is 6.92 Å². The van der Waals surface area contributed by atoms with E-state index in [9.17, 15) is 4.79 Å². The summed E-state index contributed by atoms with van der Waals surface area (Å²) in [6.45, 7) is 3.48. The summed E-state index contributed by atoms with van der Waals surface area (Å²) in [5.41, 5.74) is 4.17. The number of nitrogens with two attached hydrogens (primary N) is 1. The predicted molar refractivity (Wildman–Crippen MR) is 65.4 cm³/mol. The summed E-state index contributed by atoms with van der Waals surface area (Å²) in [5, 5.41) is 9.02. The SMILES string of the molecule is Cc1cc(NN)c(C(=O)N(C)C(C)CO)cn1. The molecule has 0 bridgehead atoms. The fraction of sp³-hybridized carbons (Fsp3) is 0.455. The largest absolute Gasteiger partial charge is 0.394 e. The third-order valence-corrected chi connectivity index (χ3v) is 2.67. The number of carbonyl (C=O) groups is 1. The van der Waals surface area contributed by atoms with Crippen LogP contribution in [0.4, 0.5) is 5.69 Å². The average molecular weight is 238 g/mol. The van der Waals surface area contributed by atoms with Gasteiger partial charge in [-0.2, -0.15) is 0 Å². The van der Waals surface area contributed by atoms with Crippen LogP contribution in [0.5, 0.6) is 0 Å². The number of aliphatic hydroxyl groups is 1. The zero-order valence-corrected chi connectivity index (χ0v) is 10.3. The summed E-state index contributed by atoms with van der Waals surface area (Å²) in [5.74, 6) is 5.14. The number of hydrogen-bond acceptors (Lipinski definition) is 5. The van der Waals surface area contributed by atoms with Crippen LogP contribution in [-0.2, 0) is 0 Å². The predicted octanol–water partition coefficient (Wildman–Crippen LogP) is 0.128. The highest BCUT2D eigenvalue weighted by atomic mass is 16.3. The van der Waals surface area contributed by atoms with E-state index in [-0.39, 0.29) is 18.6 Å². The fourth-order valence-electron chi connectivity index (χ4n) is 1.36. The van der Waals surface area contributed by atoms with E-state index >= 15 is 0 Å². The van der Waals surface area contributed by atoms with E-state index in [4.69, 9.17) is 10.9 Å². The Kier molecular flexibility index (Phi) is 4.42. The van der Waals surface area contributed by atoms with Crippen LogP contribution in [0.25, 0.3) is 0 Å². The minimum absolute atomic E-state index is 0.0904. The first-order valence-electron chi connectivity index (χ1n) is 5.32.